The Morgan fingerprint density at radius 1 is 1.04 bits per heavy atom. The molecule has 0 aliphatic rings. The van der Waals surface area contributed by atoms with Gasteiger partial charge in [-0.15, -0.1) is 0 Å². The number of benzene rings is 2. The van der Waals surface area contributed by atoms with Crippen molar-refractivity contribution in [2.75, 3.05) is 17.3 Å². The van der Waals surface area contributed by atoms with Gasteiger partial charge in [0.25, 0.3) is 5.91 Å². The number of thiazole rings is 1. The first kappa shape index (κ1) is 16.2. The topological polar surface area (TPSA) is 45.2 Å². The summed E-state index contributed by atoms with van der Waals surface area (Å²) in [5, 5.41) is 3.77. The Balaban J connectivity index is 1.84. The normalized spacial score (nSPS) is 10.5. The zero-order valence-electron chi connectivity index (χ0n) is 13.9. The predicted octanol–water partition coefficient (Wildman–Crippen LogP) is 4.78. The molecule has 3 aromatic rings. The van der Waals surface area contributed by atoms with Crippen LogP contribution in [0.2, 0.25) is 0 Å². The lowest BCUT2D eigenvalue weighted by molar-refractivity contribution is 0.102. The lowest BCUT2D eigenvalue weighted by atomic mass is 10.2. The number of carbonyl (C=O) groups is 1. The van der Waals surface area contributed by atoms with Gasteiger partial charge in [0.05, 0.1) is 5.69 Å². The standard InChI is InChI=1S/C19H19N3OS/c1-13-9-7-8-12-16(13)21-18(23)17-14(2)20-19(24-17)22(3)15-10-5-4-6-11-15/h4-12H,1-3H3,(H,21,23). The van der Waals surface area contributed by atoms with E-state index in [1.165, 1.54) is 11.3 Å². The van der Waals surface area contributed by atoms with Crippen LogP contribution in [0, 0.1) is 13.8 Å². The summed E-state index contributed by atoms with van der Waals surface area (Å²) in [4.78, 5) is 19.8. The van der Waals surface area contributed by atoms with Crippen molar-refractivity contribution < 1.29 is 4.79 Å². The van der Waals surface area contributed by atoms with Crippen LogP contribution in [0.25, 0.3) is 0 Å². The minimum atomic E-state index is -0.119. The minimum Gasteiger partial charge on any atom is -0.321 e. The number of anilines is 3. The van der Waals surface area contributed by atoms with Crippen LogP contribution in [0.5, 0.6) is 0 Å². The van der Waals surface area contributed by atoms with Gasteiger partial charge in [-0.05, 0) is 37.6 Å². The van der Waals surface area contributed by atoms with Crippen molar-refractivity contribution in [3.63, 3.8) is 0 Å². The second-order valence-electron chi connectivity index (χ2n) is 5.57. The molecule has 3 rings (SSSR count). The highest BCUT2D eigenvalue weighted by atomic mass is 32.1. The highest BCUT2D eigenvalue weighted by Gasteiger charge is 2.18. The maximum absolute atomic E-state index is 12.6. The van der Waals surface area contributed by atoms with E-state index in [1.54, 1.807) is 0 Å². The number of para-hydroxylation sites is 2. The minimum absolute atomic E-state index is 0.119. The SMILES string of the molecule is Cc1ccccc1NC(=O)c1sc(N(C)c2ccccc2)nc1C. The second kappa shape index (κ2) is 6.84. The number of carbonyl (C=O) groups excluding carboxylic acids is 1. The van der Waals surface area contributed by atoms with Crippen LogP contribution in [0.3, 0.4) is 0 Å². The molecule has 0 radical (unpaired) electrons. The van der Waals surface area contributed by atoms with Crippen molar-refractivity contribution in [1.82, 2.24) is 4.98 Å². The maximum atomic E-state index is 12.6. The van der Waals surface area contributed by atoms with Gasteiger partial charge in [-0.25, -0.2) is 4.98 Å². The Morgan fingerprint density at radius 2 is 1.71 bits per heavy atom. The Hall–Kier alpha value is -2.66. The molecule has 0 aliphatic carbocycles. The van der Waals surface area contributed by atoms with E-state index >= 15 is 0 Å². The molecule has 0 aliphatic heterocycles. The number of nitrogens with one attached hydrogen (secondary N) is 1. The quantitative estimate of drug-likeness (QED) is 0.745. The van der Waals surface area contributed by atoms with Crippen LogP contribution in [-0.4, -0.2) is 17.9 Å². The van der Waals surface area contributed by atoms with Gasteiger partial charge in [0.15, 0.2) is 5.13 Å². The fraction of sp³-hybridized carbons (Fsp3) is 0.158. The van der Waals surface area contributed by atoms with Gasteiger partial charge in [-0.3, -0.25) is 4.79 Å². The molecule has 1 heterocycles. The van der Waals surface area contributed by atoms with E-state index in [4.69, 9.17) is 0 Å². The maximum Gasteiger partial charge on any atom is 0.267 e. The molecule has 2 aromatic carbocycles. The van der Waals surface area contributed by atoms with Crippen LogP contribution in [0.15, 0.2) is 54.6 Å². The first-order chi connectivity index (χ1) is 11.6. The molecule has 4 nitrogen and oxygen atoms in total. The predicted molar refractivity (Wildman–Crippen MR) is 100 cm³/mol. The summed E-state index contributed by atoms with van der Waals surface area (Å²) in [6.07, 6.45) is 0. The molecule has 0 bridgehead atoms. The molecule has 0 spiro atoms. The number of hydrogen-bond donors (Lipinski definition) is 1. The molecular weight excluding hydrogens is 318 g/mol. The average molecular weight is 337 g/mol. The monoisotopic (exact) mass is 337 g/mol. The summed E-state index contributed by atoms with van der Waals surface area (Å²) < 4.78 is 0. The Labute approximate surface area is 145 Å². The third-order valence-corrected chi connectivity index (χ3v) is 5.05. The Bertz CT molecular complexity index is 858. The fourth-order valence-corrected chi connectivity index (χ4v) is 3.34. The highest BCUT2D eigenvalue weighted by Crippen LogP contribution is 2.30. The number of aryl methyl sites for hydroxylation is 2. The third-order valence-electron chi connectivity index (χ3n) is 3.82. The van der Waals surface area contributed by atoms with E-state index in [-0.39, 0.29) is 5.91 Å². The van der Waals surface area contributed by atoms with Gasteiger partial charge in [-0.1, -0.05) is 47.7 Å². The van der Waals surface area contributed by atoms with Gasteiger partial charge in [0.2, 0.25) is 0 Å². The van der Waals surface area contributed by atoms with Crippen LogP contribution < -0.4 is 10.2 Å². The van der Waals surface area contributed by atoms with Crippen LogP contribution in [0.1, 0.15) is 20.9 Å². The van der Waals surface area contributed by atoms with E-state index in [0.717, 1.165) is 27.8 Å². The molecule has 0 atom stereocenters. The summed E-state index contributed by atoms with van der Waals surface area (Å²) in [5.74, 6) is -0.119. The molecule has 122 valence electrons. The average Bonchev–Trinajstić information content (AvgIpc) is 2.99. The van der Waals surface area contributed by atoms with E-state index in [9.17, 15) is 4.79 Å². The first-order valence-corrected chi connectivity index (χ1v) is 8.51. The van der Waals surface area contributed by atoms with Crippen molar-refractivity contribution in [3.05, 3.63) is 70.7 Å². The molecule has 5 heteroatoms. The van der Waals surface area contributed by atoms with Gasteiger partial charge in [-0.2, -0.15) is 0 Å². The van der Waals surface area contributed by atoms with Gasteiger partial charge < -0.3 is 10.2 Å². The van der Waals surface area contributed by atoms with Crippen LogP contribution in [-0.2, 0) is 0 Å². The molecule has 1 aromatic heterocycles. The fourth-order valence-electron chi connectivity index (χ4n) is 2.39. The van der Waals surface area contributed by atoms with Gasteiger partial charge in [0, 0.05) is 18.4 Å². The third kappa shape index (κ3) is 3.31. The van der Waals surface area contributed by atoms with E-state index in [2.05, 4.69) is 10.3 Å². The van der Waals surface area contributed by atoms with Crippen molar-refractivity contribution in [2.45, 2.75) is 13.8 Å². The summed E-state index contributed by atoms with van der Waals surface area (Å²) in [6.45, 7) is 3.84. The summed E-state index contributed by atoms with van der Waals surface area (Å²) in [6, 6.07) is 17.7. The summed E-state index contributed by atoms with van der Waals surface area (Å²) >= 11 is 1.40. The first-order valence-electron chi connectivity index (χ1n) is 7.69. The van der Waals surface area contributed by atoms with Crippen LogP contribution >= 0.6 is 11.3 Å². The molecule has 0 saturated heterocycles. The Kier molecular flexibility index (Phi) is 4.62. The lowest BCUT2D eigenvalue weighted by Gasteiger charge is -2.15. The molecule has 24 heavy (non-hydrogen) atoms. The number of aromatic nitrogens is 1. The lowest BCUT2D eigenvalue weighted by Crippen LogP contribution is -2.12. The second-order valence-corrected chi connectivity index (χ2v) is 6.55. The highest BCUT2D eigenvalue weighted by molar-refractivity contribution is 7.17. The largest absolute Gasteiger partial charge is 0.321 e. The summed E-state index contributed by atoms with van der Waals surface area (Å²) in [5.41, 5.74) is 3.64. The van der Waals surface area contributed by atoms with Gasteiger partial charge in [0.1, 0.15) is 4.88 Å². The number of amides is 1. The molecule has 0 saturated carbocycles. The van der Waals surface area contributed by atoms with Crippen molar-refractivity contribution >= 4 is 33.8 Å². The number of nitrogens with zero attached hydrogens (tertiary/aromatic N) is 2. The van der Waals surface area contributed by atoms with Gasteiger partial charge >= 0.3 is 0 Å². The molecule has 0 unspecified atom stereocenters. The van der Waals surface area contributed by atoms with E-state index < -0.39 is 0 Å². The molecule has 1 N–H and O–H groups in total. The zero-order valence-corrected chi connectivity index (χ0v) is 14.7. The van der Waals surface area contributed by atoms with Crippen molar-refractivity contribution in [1.29, 1.82) is 0 Å². The molecule has 1 amide bonds. The summed E-state index contributed by atoms with van der Waals surface area (Å²) in [7, 11) is 1.95. The van der Waals surface area contributed by atoms with Crippen molar-refractivity contribution in [3.8, 4) is 0 Å². The number of rotatable bonds is 4. The molecular formula is C19H19N3OS. The molecule has 0 fully saturated rings. The van der Waals surface area contributed by atoms with E-state index in [0.29, 0.717) is 4.88 Å². The van der Waals surface area contributed by atoms with Crippen molar-refractivity contribution in [2.24, 2.45) is 0 Å². The zero-order chi connectivity index (χ0) is 17.1. The van der Waals surface area contributed by atoms with E-state index in [1.807, 2.05) is 80.4 Å². The smallest absolute Gasteiger partial charge is 0.267 e. The number of hydrogen-bond acceptors (Lipinski definition) is 4. The van der Waals surface area contributed by atoms with Crippen LogP contribution in [0.4, 0.5) is 16.5 Å². The Morgan fingerprint density at radius 3 is 2.42 bits per heavy atom.